The quantitative estimate of drug-likeness (QED) is 0.903. The minimum absolute atomic E-state index is 0.106. The molecule has 0 saturated heterocycles. The Morgan fingerprint density at radius 1 is 1.33 bits per heavy atom. The highest BCUT2D eigenvalue weighted by atomic mass is 16.5. The molecule has 2 bridgehead atoms. The van der Waals surface area contributed by atoms with Crippen LogP contribution in [-0.4, -0.2) is 19.1 Å². The van der Waals surface area contributed by atoms with E-state index >= 15 is 0 Å². The van der Waals surface area contributed by atoms with Gasteiger partial charge in [-0.1, -0.05) is 24.6 Å². The van der Waals surface area contributed by atoms with Crippen LogP contribution in [0.4, 0.5) is 0 Å². The van der Waals surface area contributed by atoms with E-state index in [0.29, 0.717) is 18.4 Å². The Bertz CT molecular complexity index is 514. The lowest BCUT2D eigenvalue weighted by Crippen LogP contribution is -2.40. The number of nitrogens with one attached hydrogen (secondary N) is 1. The highest BCUT2D eigenvalue weighted by molar-refractivity contribution is 5.79. The van der Waals surface area contributed by atoms with Gasteiger partial charge in [0.05, 0.1) is 13.5 Å². The van der Waals surface area contributed by atoms with Gasteiger partial charge < -0.3 is 10.1 Å². The van der Waals surface area contributed by atoms with Crippen molar-refractivity contribution >= 4 is 5.91 Å². The van der Waals surface area contributed by atoms with Gasteiger partial charge in [0.25, 0.3) is 0 Å². The molecule has 3 nitrogen and oxygen atoms in total. The van der Waals surface area contributed by atoms with Crippen molar-refractivity contribution in [3.8, 4) is 5.75 Å². The molecule has 1 amide bonds. The molecule has 2 aliphatic rings. The Kier molecular flexibility index (Phi) is 4.18. The van der Waals surface area contributed by atoms with Crippen LogP contribution >= 0.6 is 0 Å². The number of para-hydroxylation sites is 1. The first kappa shape index (κ1) is 14.4. The van der Waals surface area contributed by atoms with Crippen LogP contribution in [0, 0.1) is 17.8 Å². The molecule has 0 spiro atoms. The lowest BCUT2D eigenvalue weighted by Gasteiger charge is -2.28. The van der Waals surface area contributed by atoms with Gasteiger partial charge in [-0.3, -0.25) is 4.79 Å². The van der Waals surface area contributed by atoms with E-state index in [4.69, 9.17) is 4.74 Å². The molecule has 0 aliphatic heterocycles. The van der Waals surface area contributed by atoms with Crippen LogP contribution in [0.2, 0.25) is 0 Å². The maximum Gasteiger partial charge on any atom is 0.224 e. The second-order valence-electron chi connectivity index (χ2n) is 6.68. The van der Waals surface area contributed by atoms with Crippen LogP contribution in [0.15, 0.2) is 24.3 Å². The molecule has 2 aliphatic carbocycles. The number of rotatable bonds is 5. The number of carbonyl (C=O) groups excluding carboxylic acids is 1. The van der Waals surface area contributed by atoms with Gasteiger partial charge >= 0.3 is 0 Å². The molecule has 1 aromatic carbocycles. The summed E-state index contributed by atoms with van der Waals surface area (Å²) in [5, 5.41) is 3.21. The third-order valence-corrected chi connectivity index (χ3v) is 5.37. The van der Waals surface area contributed by atoms with Crippen molar-refractivity contribution in [3.05, 3.63) is 29.8 Å². The molecule has 0 unspecified atom stereocenters. The standard InChI is InChI=1S/C18H25NO2/c1-12(16-10-13-7-8-14(16)9-13)19-18(20)11-15-5-3-4-6-17(15)21-2/h3-6,12-14,16H,7-11H2,1-2H3,(H,19,20)/t12-,13-,14-,16-/m0/s1. The minimum atomic E-state index is 0.106. The first-order chi connectivity index (χ1) is 10.2. The number of benzene rings is 1. The van der Waals surface area contributed by atoms with Gasteiger partial charge in [-0.05, 0) is 50.0 Å². The van der Waals surface area contributed by atoms with Crippen LogP contribution in [0.1, 0.15) is 38.2 Å². The van der Waals surface area contributed by atoms with Crippen LogP contribution in [0.3, 0.4) is 0 Å². The summed E-state index contributed by atoms with van der Waals surface area (Å²) in [5.74, 6) is 3.35. The van der Waals surface area contributed by atoms with Crippen molar-refractivity contribution in [2.24, 2.45) is 17.8 Å². The molecule has 4 atom stereocenters. The predicted molar refractivity (Wildman–Crippen MR) is 83.2 cm³/mol. The predicted octanol–water partition coefficient (Wildman–Crippen LogP) is 3.18. The number of ether oxygens (including phenoxy) is 1. The van der Waals surface area contributed by atoms with E-state index in [1.807, 2.05) is 24.3 Å². The van der Waals surface area contributed by atoms with Gasteiger partial charge in [0, 0.05) is 11.6 Å². The van der Waals surface area contributed by atoms with Gasteiger partial charge in [-0.15, -0.1) is 0 Å². The monoisotopic (exact) mass is 287 g/mol. The third-order valence-electron chi connectivity index (χ3n) is 5.37. The normalized spacial score (nSPS) is 28.4. The van der Waals surface area contributed by atoms with Gasteiger partial charge in [0.2, 0.25) is 5.91 Å². The fourth-order valence-corrected chi connectivity index (χ4v) is 4.34. The summed E-state index contributed by atoms with van der Waals surface area (Å²) < 4.78 is 5.31. The molecule has 2 saturated carbocycles. The van der Waals surface area contributed by atoms with Crippen LogP contribution in [0.5, 0.6) is 5.75 Å². The van der Waals surface area contributed by atoms with Crippen LogP contribution < -0.4 is 10.1 Å². The Morgan fingerprint density at radius 3 is 2.81 bits per heavy atom. The van der Waals surface area contributed by atoms with Crippen molar-refractivity contribution < 1.29 is 9.53 Å². The first-order valence-electron chi connectivity index (χ1n) is 8.08. The zero-order valence-electron chi connectivity index (χ0n) is 13.0. The van der Waals surface area contributed by atoms with Crippen molar-refractivity contribution in [2.45, 2.75) is 45.1 Å². The van der Waals surface area contributed by atoms with Gasteiger partial charge in [0.15, 0.2) is 0 Å². The fraction of sp³-hybridized carbons (Fsp3) is 0.611. The molecule has 3 rings (SSSR count). The zero-order chi connectivity index (χ0) is 14.8. The summed E-state index contributed by atoms with van der Waals surface area (Å²) >= 11 is 0. The zero-order valence-corrected chi connectivity index (χ0v) is 13.0. The number of methoxy groups -OCH3 is 1. The molecular formula is C18H25NO2. The number of amides is 1. The molecule has 0 aromatic heterocycles. The molecule has 114 valence electrons. The number of fused-ring (bicyclic) bond motifs is 2. The largest absolute Gasteiger partial charge is 0.496 e. The lowest BCUT2D eigenvalue weighted by atomic mass is 9.84. The van der Waals surface area contributed by atoms with E-state index in [1.165, 1.54) is 25.7 Å². The molecule has 0 radical (unpaired) electrons. The van der Waals surface area contributed by atoms with E-state index in [-0.39, 0.29) is 5.91 Å². The molecule has 0 heterocycles. The van der Waals surface area contributed by atoms with Gasteiger partial charge in [0.1, 0.15) is 5.75 Å². The van der Waals surface area contributed by atoms with E-state index in [2.05, 4.69) is 12.2 Å². The summed E-state index contributed by atoms with van der Waals surface area (Å²) in [6, 6.07) is 8.04. The molecular weight excluding hydrogens is 262 g/mol. The van der Waals surface area contributed by atoms with Crippen molar-refractivity contribution in [1.82, 2.24) is 5.32 Å². The first-order valence-corrected chi connectivity index (χ1v) is 8.08. The van der Waals surface area contributed by atoms with E-state index in [9.17, 15) is 4.79 Å². The summed E-state index contributed by atoms with van der Waals surface area (Å²) in [5.41, 5.74) is 0.956. The lowest BCUT2D eigenvalue weighted by molar-refractivity contribution is -0.121. The Balaban J connectivity index is 1.56. The van der Waals surface area contributed by atoms with Crippen molar-refractivity contribution in [1.29, 1.82) is 0 Å². The SMILES string of the molecule is COc1ccccc1CC(=O)N[C@@H](C)[C@@H]1C[C@H]2CC[C@H]1C2. The third kappa shape index (κ3) is 3.07. The van der Waals surface area contributed by atoms with Crippen LogP contribution in [-0.2, 0) is 11.2 Å². The van der Waals surface area contributed by atoms with Gasteiger partial charge in [-0.2, -0.15) is 0 Å². The highest BCUT2D eigenvalue weighted by Gasteiger charge is 2.42. The number of hydrogen-bond acceptors (Lipinski definition) is 2. The molecule has 1 N–H and O–H groups in total. The second-order valence-corrected chi connectivity index (χ2v) is 6.68. The minimum Gasteiger partial charge on any atom is -0.496 e. The Hall–Kier alpha value is -1.51. The summed E-state index contributed by atoms with van der Waals surface area (Å²) in [4.78, 5) is 12.3. The Labute approximate surface area is 127 Å². The van der Waals surface area contributed by atoms with Crippen LogP contribution in [0.25, 0.3) is 0 Å². The van der Waals surface area contributed by atoms with Crippen molar-refractivity contribution in [3.63, 3.8) is 0 Å². The second kappa shape index (κ2) is 6.08. The maximum absolute atomic E-state index is 12.3. The molecule has 21 heavy (non-hydrogen) atoms. The van der Waals surface area contributed by atoms with E-state index in [1.54, 1.807) is 7.11 Å². The van der Waals surface area contributed by atoms with E-state index in [0.717, 1.165) is 23.1 Å². The van der Waals surface area contributed by atoms with E-state index < -0.39 is 0 Å². The fourth-order valence-electron chi connectivity index (χ4n) is 4.34. The summed E-state index contributed by atoms with van der Waals surface area (Å²) in [6.45, 7) is 2.17. The highest BCUT2D eigenvalue weighted by Crippen LogP contribution is 2.49. The molecule has 1 aromatic rings. The maximum atomic E-state index is 12.3. The summed E-state index contributed by atoms with van der Waals surface area (Å²) in [7, 11) is 1.65. The van der Waals surface area contributed by atoms with Gasteiger partial charge in [-0.25, -0.2) is 0 Å². The average Bonchev–Trinajstić information content (AvgIpc) is 3.10. The number of carbonyl (C=O) groups is 1. The molecule has 2 fully saturated rings. The molecule has 3 heteroatoms. The van der Waals surface area contributed by atoms with Crippen molar-refractivity contribution in [2.75, 3.05) is 7.11 Å². The Morgan fingerprint density at radius 2 is 2.14 bits per heavy atom. The smallest absolute Gasteiger partial charge is 0.224 e. The summed E-state index contributed by atoms with van der Waals surface area (Å²) in [6.07, 6.45) is 5.86. The number of hydrogen-bond donors (Lipinski definition) is 1. The average molecular weight is 287 g/mol. The topological polar surface area (TPSA) is 38.3 Å².